The number of nitrogens with one attached hydrogen (secondary N) is 1. The van der Waals surface area contributed by atoms with Crippen molar-refractivity contribution in [1.29, 1.82) is 0 Å². The maximum Gasteiger partial charge on any atom is 0.265 e. The maximum absolute atomic E-state index is 14.0. The minimum atomic E-state index is -4.32. The number of carbonyl (C=O) groups excluding carboxylic acids is 1. The molecule has 3 rings (SSSR count). The summed E-state index contributed by atoms with van der Waals surface area (Å²) >= 11 is 0. The van der Waals surface area contributed by atoms with Crippen LogP contribution in [0.2, 0.25) is 0 Å². The van der Waals surface area contributed by atoms with Crippen LogP contribution in [0.25, 0.3) is 0 Å². The molecule has 0 radical (unpaired) electrons. The first-order chi connectivity index (χ1) is 19.3. The van der Waals surface area contributed by atoms with Crippen LogP contribution in [0.3, 0.4) is 0 Å². The molecule has 0 aliphatic heterocycles. The van der Waals surface area contributed by atoms with Gasteiger partial charge in [-0.1, -0.05) is 45.0 Å². The second-order valence-electron chi connectivity index (χ2n) is 10.1. The largest absolute Gasteiger partial charge is 0.497 e. The topological polar surface area (TPSA) is 116 Å². The van der Waals surface area contributed by atoms with E-state index >= 15 is 0 Å². The third-order valence-electron chi connectivity index (χ3n) is 6.40. The first-order valence-corrected chi connectivity index (χ1v) is 14.2. The lowest BCUT2D eigenvalue weighted by Gasteiger charge is -2.26. The van der Waals surface area contributed by atoms with E-state index in [1.807, 2.05) is 24.3 Å². The van der Waals surface area contributed by atoms with Gasteiger partial charge in [-0.3, -0.25) is 9.10 Å². The van der Waals surface area contributed by atoms with Crippen LogP contribution in [0.4, 0.5) is 5.69 Å². The number of methoxy groups -OCH3 is 4. The Hall–Kier alpha value is -4.25. The van der Waals surface area contributed by atoms with Gasteiger partial charge in [0.15, 0.2) is 11.5 Å². The van der Waals surface area contributed by atoms with Gasteiger partial charge in [-0.25, -0.2) is 13.8 Å². The standard InChI is InChI=1S/C30H37N3O7S/c1-20(21-9-11-22(12-10-21)30(2,3)4)31-32-29(34)19-33(25-17-23(37-5)13-15-26(25)38-6)41(35,36)24-14-16-27(39-7)28(18-24)40-8/h9-18H,19H2,1-8H3,(H,32,34)/b31-20-. The van der Waals surface area contributed by atoms with Crippen molar-refractivity contribution in [3.8, 4) is 23.0 Å². The van der Waals surface area contributed by atoms with Crippen molar-refractivity contribution in [2.45, 2.75) is 38.0 Å². The molecule has 3 aromatic rings. The highest BCUT2D eigenvalue weighted by Gasteiger charge is 2.31. The van der Waals surface area contributed by atoms with Crippen molar-refractivity contribution in [3.05, 3.63) is 71.8 Å². The lowest BCUT2D eigenvalue weighted by molar-refractivity contribution is -0.119. The first-order valence-electron chi connectivity index (χ1n) is 12.8. The molecule has 1 N–H and O–H groups in total. The van der Waals surface area contributed by atoms with E-state index in [1.54, 1.807) is 19.1 Å². The predicted octanol–water partition coefficient (Wildman–Crippen LogP) is 4.75. The number of hydrazone groups is 1. The lowest BCUT2D eigenvalue weighted by atomic mass is 9.86. The van der Waals surface area contributed by atoms with Crippen molar-refractivity contribution in [1.82, 2.24) is 5.43 Å². The molecule has 0 saturated carbocycles. The zero-order chi connectivity index (χ0) is 30.4. The van der Waals surface area contributed by atoms with Crippen LogP contribution < -0.4 is 28.7 Å². The molecule has 41 heavy (non-hydrogen) atoms. The fourth-order valence-corrected chi connectivity index (χ4v) is 5.42. The summed E-state index contributed by atoms with van der Waals surface area (Å²) in [5, 5.41) is 4.22. The molecule has 0 aliphatic rings. The molecule has 0 aliphatic carbocycles. The van der Waals surface area contributed by atoms with Gasteiger partial charge in [0, 0.05) is 12.1 Å². The smallest absolute Gasteiger partial charge is 0.265 e. The number of hydrogen-bond acceptors (Lipinski definition) is 8. The summed E-state index contributed by atoms with van der Waals surface area (Å²) in [6, 6.07) is 16.7. The Morgan fingerprint density at radius 2 is 1.44 bits per heavy atom. The van der Waals surface area contributed by atoms with Gasteiger partial charge in [0.1, 0.15) is 18.0 Å². The van der Waals surface area contributed by atoms with E-state index in [0.717, 1.165) is 9.87 Å². The Morgan fingerprint density at radius 1 is 0.829 bits per heavy atom. The molecule has 0 fully saturated rings. The van der Waals surface area contributed by atoms with Crippen LogP contribution in [0.5, 0.6) is 23.0 Å². The average molecular weight is 584 g/mol. The molecule has 0 aromatic heterocycles. The Balaban J connectivity index is 1.99. The zero-order valence-electron chi connectivity index (χ0n) is 24.6. The van der Waals surface area contributed by atoms with E-state index in [9.17, 15) is 13.2 Å². The molecule has 1 amide bonds. The van der Waals surface area contributed by atoms with Gasteiger partial charge >= 0.3 is 0 Å². The zero-order valence-corrected chi connectivity index (χ0v) is 25.5. The Kier molecular flexibility index (Phi) is 9.88. The molecule has 220 valence electrons. The summed E-state index contributed by atoms with van der Waals surface area (Å²) in [5.41, 5.74) is 5.14. The third kappa shape index (κ3) is 7.29. The van der Waals surface area contributed by atoms with Crippen LogP contribution in [0.1, 0.15) is 38.8 Å². The number of ether oxygens (including phenoxy) is 4. The fraction of sp³-hybridized carbons (Fsp3) is 0.333. The summed E-state index contributed by atoms with van der Waals surface area (Å²) in [7, 11) is 1.40. The summed E-state index contributed by atoms with van der Waals surface area (Å²) in [6.07, 6.45) is 0. The number of benzene rings is 3. The van der Waals surface area contributed by atoms with Crippen molar-refractivity contribution in [2.75, 3.05) is 39.3 Å². The van der Waals surface area contributed by atoms with Gasteiger partial charge in [0.25, 0.3) is 15.9 Å². The van der Waals surface area contributed by atoms with Gasteiger partial charge in [-0.2, -0.15) is 5.10 Å². The van der Waals surface area contributed by atoms with E-state index < -0.39 is 22.5 Å². The molecule has 0 saturated heterocycles. The summed E-state index contributed by atoms with van der Waals surface area (Å²) in [4.78, 5) is 13.0. The van der Waals surface area contributed by atoms with Gasteiger partial charge in [-0.15, -0.1) is 0 Å². The van der Waals surface area contributed by atoms with Crippen molar-refractivity contribution in [2.24, 2.45) is 5.10 Å². The minimum absolute atomic E-state index is 0.00181. The number of rotatable bonds is 11. The van der Waals surface area contributed by atoms with E-state index in [1.165, 1.54) is 58.3 Å². The molecule has 10 nitrogen and oxygen atoms in total. The van der Waals surface area contributed by atoms with Gasteiger partial charge < -0.3 is 18.9 Å². The number of carbonyl (C=O) groups is 1. The Morgan fingerprint density at radius 3 is 2.00 bits per heavy atom. The predicted molar refractivity (Wildman–Crippen MR) is 159 cm³/mol. The summed E-state index contributed by atoms with van der Waals surface area (Å²) in [5.74, 6) is 0.510. The highest BCUT2D eigenvalue weighted by atomic mass is 32.2. The Labute approximate surface area is 241 Å². The van der Waals surface area contributed by atoms with Gasteiger partial charge in [0.2, 0.25) is 0 Å². The van der Waals surface area contributed by atoms with Crippen molar-refractivity contribution < 1.29 is 32.2 Å². The second-order valence-corrected chi connectivity index (χ2v) is 12.0. The monoisotopic (exact) mass is 583 g/mol. The molecule has 0 atom stereocenters. The highest BCUT2D eigenvalue weighted by Crippen LogP contribution is 2.37. The molecule has 0 bridgehead atoms. The summed E-state index contributed by atoms with van der Waals surface area (Å²) < 4.78 is 50.2. The fourth-order valence-electron chi connectivity index (χ4n) is 3.98. The van der Waals surface area contributed by atoms with E-state index in [0.29, 0.717) is 17.2 Å². The highest BCUT2D eigenvalue weighted by molar-refractivity contribution is 7.92. The molecule has 0 spiro atoms. The molecule has 11 heteroatoms. The van der Waals surface area contributed by atoms with E-state index in [2.05, 4.69) is 31.3 Å². The molecule has 0 heterocycles. The Bertz CT molecular complexity index is 1510. The normalized spacial score (nSPS) is 12.0. The number of sulfonamides is 1. The van der Waals surface area contributed by atoms with Crippen molar-refractivity contribution >= 4 is 27.3 Å². The van der Waals surface area contributed by atoms with Gasteiger partial charge in [0.05, 0.1) is 44.7 Å². The summed E-state index contributed by atoms with van der Waals surface area (Å²) in [6.45, 7) is 7.54. The van der Waals surface area contributed by atoms with Crippen LogP contribution in [0.15, 0.2) is 70.7 Å². The lowest BCUT2D eigenvalue weighted by Crippen LogP contribution is -2.40. The van der Waals surface area contributed by atoms with Crippen LogP contribution >= 0.6 is 0 Å². The SMILES string of the molecule is COc1ccc(OC)c(N(CC(=O)N/N=C(/C)c2ccc(C(C)(C)C)cc2)S(=O)(=O)c2ccc(OC)c(OC)c2)c1. The van der Waals surface area contributed by atoms with Crippen LogP contribution in [0, 0.1) is 0 Å². The van der Waals surface area contributed by atoms with Gasteiger partial charge in [-0.05, 0) is 47.7 Å². The number of amides is 1. The molecule has 0 unspecified atom stereocenters. The first kappa shape index (κ1) is 31.3. The average Bonchev–Trinajstić information content (AvgIpc) is 2.97. The van der Waals surface area contributed by atoms with Crippen molar-refractivity contribution in [3.63, 3.8) is 0 Å². The quantitative estimate of drug-likeness (QED) is 0.256. The number of nitrogens with zero attached hydrogens (tertiary/aromatic N) is 2. The van der Waals surface area contributed by atoms with Crippen LogP contribution in [-0.4, -0.2) is 55.0 Å². The second kappa shape index (κ2) is 12.9. The molecular formula is C30H37N3O7S. The minimum Gasteiger partial charge on any atom is -0.497 e. The molecular weight excluding hydrogens is 546 g/mol. The number of anilines is 1. The maximum atomic E-state index is 14.0. The van der Waals surface area contributed by atoms with Crippen LogP contribution in [-0.2, 0) is 20.2 Å². The van der Waals surface area contributed by atoms with E-state index in [-0.39, 0.29) is 27.5 Å². The number of hydrogen-bond donors (Lipinski definition) is 1. The van der Waals surface area contributed by atoms with E-state index in [4.69, 9.17) is 18.9 Å². The third-order valence-corrected chi connectivity index (χ3v) is 8.16. The molecule has 3 aromatic carbocycles.